The van der Waals surface area contributed by atoms with Gasteiger partial charge in [0.05, 0.1) is 0 Å². The van der Waals surface area contributed by atoms with E-state index in [0.717, 1.165) is 141 Å². The van der Waals surface area contributed by atoms with Crippen molar-refractivity contribution in [2.24, 2.45) is 0 Å². The molecular formula is C63H98O6. The molecule has 0 fully saturated rings. The van der Waals surface area contributed by atoms with Gasteiger partial charge in [-0.1, -0.05) is 205 Å². The lowest BCUT2D eigenvalue weighted by Crippen LogP contribution is -2.30. The molecule has 0 aliphatic carbocycles. The number of hydrogen-bond acceptors (Lipinski definition) is 6. The molecule has 0 unspecified atom stereocenters. The highest BCUT2D eigenvalue weighted by Crippen LogP contribution is 2.11. The van der Waals surface area contributed by atoms with Crippen molar-refractivity contribution in [2.45, 2.75) is 219 Å². The van der Waals surface area contributed by atoms with Crippen LogP contribution in [0.5, 0.6) is 0 Å². The van der Waals surface area contributed by atoms with Gasteiger partial charge in [0.25, 0.3) is 0 Å². The molecule has 69 heavy (non-hydrogen) atoms. The molecule has 0 aliphatic heterocycles. The first-order valence-electron chi connectivity index (χ1n) is 27.3. The summed E-state index contributed by atoms with van der Waals surface area (Å²) in [5.74, 6) is -1.04. The van der Waals surface area contributed by atoms with E-state index in [-0.39, 0.29) is 37.5 Å². The average molecular weight is 951 g/mol. The summed E-state index contributed by atoms with van der Waals surface area (Å²) in [5, 5.41) is 0. The third-order valence-electron chi connectivity index (χ3n) is 10.8. The van der Waals surface area contributed by atoms with Crippen LogP contribution in [0.2, 0.25) is 0 Å². The maximum atomic E-state index is 12.8. The normalized spacial score (nSPS) is 13.3. The molecule has 0 radical (unpaired) electrons. The van der Waals surface area contributed by atoms with E-state index in [9.17, 15) is 14.4 Å². The molecule has 386 valence electrons. The molecule has 0 aromatic carbocycles. The van der Waals surface area contributed by atoms with Gasteiger partial charge in [0.1, 0.15) is 13.2 Å². The second-order valence-electron chi connectivity index (χ2n) is 17.4. The molecule has 6 nitrogen and oxygen atoms in total. The number of allylic oxidation sites excluding steroid dienone is 24. The molecule has 0 saturated heterocycles. The molecule has 0 rings (SSSR count). The van der Waals surface area contributed by atoms with Gasteiger partial charge in [-0.3, -0.25) is 14.4 Å². The average Bonchev–Trinajstić information content (AvgIpc) is 3.35. The van der Waals surface area contributed by atoms with Gasteiger partial charge in [-0.2, -0.15) is 0 Å². The van der Waals surface area contributed by atoms with Crippen molar-refractivity contribution < 1.29 is 28.6 Å². The van der Waals surface area contributed by atoms with Crippen LogP contribution in [0.15, 0.2) is 146 Å². The molecule has 0 aromatic rings. The van der Waals surface area contributed by atoms with Crippen molar-refractivity contribution in [3.63, 3.8) is 0 Å². The number of ether oxygens (including phenoxy) is 3. The van der Waals surface area contributed by atoms with E-state index in [2.05, 4.69) is 167 Å². The van der Waals surface area contributed by atoms with Crippen molar-refractivity contribution in [1.29, 1.82) is 0 Å². The van der Waals surface area contributed by atoms with Crippen molar-refractivity contribution in [3.05, 3.63) is 146 Å². The fraction of sp³-hybridized carbons (Fsp3) is 0.571. The molecule has 0 bridgehead atoms. The zero-order valence-corrected chi connectivity index (χ0v) is 44.0. The van der Waals surface area contributed by atoms with Crippen LogP contribution in [-0.4, -0.2) is 37.2 Å². The monoisotopic (exact) mass is 951 g/mol. The van der Waals surface area contributed by atoms with E-state index in [4.69, 9.17) is 14.2 Å². The SMILES string of the molecule is CC/C=C\C/C=C\C/C=C\C/C=C\C/C=C\CCCC(=O)O[C@H](COC(=O)CCCCCC/C=C\C/C=C\C/C=C\C/C=C\CC)COC(=O)CCCCCC/C=C\C/C=C\C/C=C\CCCCC. The Morgan fingerprint density at radius 1 is 0.304 bits per heavy atom. The highest BCUT2D eigenvalue weighted by Gasteiger charge is 2.19. The highest BCUT2D eigenvalue weighted by molar-refractivity contribution is 5.71. The van der Waals surface area contributed by atoms with E-state index in [1.54, 1.807) is 0 Å². The van der Waals surface area contributed by atoms with Gasteiger partial charge in [0, 0.05) is 19.3 Å². The molecule has 0 saturated carbocycles. The Bertz CT molecular complexity index is 1560. The maximum Gasteiger partial charge on any atom is 0.306 e. The second-order valence-corrected chi connectivity index (χ2v) is 17.4. The van der Waals surface area contributed by atoms with Crippen LogP contribution in [0.4, 0.5) is 0 Å². The Balaban J connectivity index is 4.60. The van der Waals surface area contributed by atoms with Gasteiger partial charge in [-0.05, 0) is 135 Å². The Morgan fingerprint density at radius 2 is 0.580 bits per heavy atom. The molecule has 1 atom stereocenters. The van der Waals surface area contributed by atoms with E-state index < -0.39 is 6.10 Å². The zero-order chi connectivity index (χ0) is 50.0. The molecule has 0 N–H and O–H groups in total. The number of carbonyl (C=O) groups is 3. The number of unbranched alkanes of at least 4 members (excludes halogenated alkanes) is 12. The van der Waals surface area contributed by atoms with E-state index in [0.29, 0.717) is 19.3 Å². The smallest absolute Gasteiger partial charge is 0.306 e. The van der Waals surface area contributed by atoms with Crippen molar-refractivity contribution in [1.82, 2.24) is 0 Å². The van der Waals surface area contributed by atoms with Gasteiger partial charge in [-0.25, -0.2) is 0 Å². The Morgan fingerprint density at radius 3 is 0.913 bits per heavy atom. The van der Waals surface area contributed by atoms with Crippen LogP contribution in [0, 0.1) is 0 Å². The minimum atomic E-state index is -0.834. The van der Waals surface area contributed by atoms with Crippen LogP contribution in [0.25, 0.3) is 0 Å². The lowest BCUT2D eigenvalue weighted by atomic mass is 10.1. The van der Waals surface area contributed by atoms with Crippen molar-refractivity contribution in [3.8, 4) is 0 Å². The molecule has 6 heteroatoms. The summed E-state index contributed by atoms with van der Waals surface area (Å²) in [6.45, 7) is 6.28. The van der Waals surface area contributed by atoms with Crippen LogP contribution in [0.1, 0.15) is 213 Å². The van der Waals surface area contributed by atoms with Gasteiger partial charge >= 0.3 is 17.9 Å². The Kier molecular flexibility index (Phi) is 52.1. The molecule has 0 amide bonds. The molecule has 0 aliphatic rings. The van der Waals surface area contributed by atoms with Gasteiger partial charge in [0.2, 0.25) is 0 Å². The number of esters is 3. The van der Waals surface area contributed by atoms with Crippen molar-refractivity contribution in [2.75, 3.05) is 13.2 Å². The largest absolute Gasteiger partial charge is 0.462 e. The summed E-state index contributed by atoms with van der Waals surface area (Å²) >= 11 is 0. The fourth-order valence-electron chi connectivity index (χ4n) is 6.77. The summed E-state index contributed by atoms with van der Waals surface area (Å²) in [5.41, 5.74) is 0. The summed E-state index contributed by atoms with van der Waals surface area (Å²) in [6, 6.07) is 0. The lowest BCUT2D eigenvalue weighted by molar-refractivity contribution is -0.167. The Labute approximate surface area is 423 Å². The second kappa shape index (κ2) is 55.9. The first-order valence-corrected chi connectivity index (χ1v) is 27.3. The first kappa shape index (κ1) is 64.3. The topological polar surface area (TPSA) is 78.9 Å². The number of carbonyl (C=O) groups excluding carboxylic acids is 3. The summed E-state index contributed by atoms with van der Waals surface area (Å²) in [7, 11) is 0. The lowest BCUT2D eigenvalue weighted by Gasteiger charge is -2.18. The van der Waals surface area contributed by atoms with Crippen molar-refractivity contribution >= 4 is 17.9 Å². The molecule has 0 spiro atoms. The highest BCUT2D eigenvalue weighted by atomic mass is 16.6. The van der Waals surface area contributed by atoms with Crippen LogP contribution >= 0.6 is 0 Å². The zero-order valence-electron chi connectivity index (χ0n) is 44.0. The van der Waals surface area contributed by atoms with E-state index in [1.807, 2.05) is 0 Å². The van der Waals surface area contributed by atoms with Gasteiger partial charge in [0.15, 0.2) is 6.10 Å². The maximum absolute atomic E-state index is 12.8. The van der Waals surface area contributed by atoms with Gasteiger partial charge < -0.3 is 14.2 Å². The predicted molar refractivity (Wildman–Crippen MR) is 297 cm³/mol. The standard InChI is InChI=1S/C63H98O6/c1-4-7-10-13-16-19-22-25-28-31-34-37-40-43-46-49-52-55-61(64)67-58-60(69-63(66)57-54-51-48-45-42-39-36-33-30-27-24-21-18-15-12-9-6-3)59-68-62(65)56-53-50-47-44-41-38-35-32-29-26-23-20-17-14-11-8-5-2/h7,9-10,12,16-21,25-30,34-39,45,48,60H,4-6,8,11,13-15,22-24,31-33,40-44,46-47,49-59H2,1-3H3/b10-7-,12-9-,19-16-,20-17-,21-18-,28-25-,29-26-,30-27-,37-34-,38-35-,39-36-,48-45-/t60-/m1/s1. The summed E-state index contributed by atoms with van der Waals surface area (Å²) < 4.78 is 16.7. The minimum absolute atomic E-state index is 0.127. The molecule has 0 heterocycles. The van der Waals surface area contributed by atoms with Crippen LogP contribution in [-0.2, 0) is 28.6 Å². The number of hydrogen-bond donors (Lipinski definition) is 0. The van der Waals surface area contributed by atoms with Crippen LogP contribution in [0.3, 0.4) is 0 Å². The summed E-state index contributed by atoms with van der Waals surface area (Å²) in [4.78, 5) is 38.1. The van der Waals surface area contributed by atoms with Gasteiger partial charge in [-0.15, -0.1) is 0 Å². The molecular weight excluding hydrogens is 853 g/mol. The first-order chi connectivity index (χ1) is 34.0. The van der Waals surface area contributed by atoms with E-state index in [1.165, 1.54) is 25.7 Å². The predicted octanol–water partition coefficient (Wildman–Crippen LogP) is 18.4. The molecule has 0 aromatic heterocycles. The summed E-state index contributed by atoms with van der Waals surface area (Å²) in [6.07, 6.45) is 79.8. The minimum Gasteiger partial charge on any atom is -0.462 e. The number of rotatable bonds is 47. The fourth-order valence-corrected chi connectivity index (χ4v) is 6.77. The van der Waals surface area contributed by atoms with E-state index >= 15 is 0 Å². The third-order valence-corrected chi connectivity index (χ3v) is 10.8. The van der Waals surface area contributed by atoms with Crippen LogP contribution < -0.4 is 0 Å². The quantitative estimate of drug-likeness (QED) is 0.0262. The third kappa shape index (κ3) is 54.1. The Hall–Kier alpha value is -4.71.